The normalized spacial score (nSPS) is 13.0. The van der Waals surface area contributed by atoms with Crippen LogP contribution in [0, 0.1) is 0 Å². The molecule has 1 rings (SSSR count). The van der Waals surface area contributed by atoms with Crippen molar-refractivity contribution >= 4 is 5.97 Å². The van der Waals surface area contributed by atoms with E-state index in [4.69, 9.17) is 14.6 Å². The molecule has 0 saturated carbocycles. The molecule has 0 aromatic heterocycles. The number of carboxylic acids is 1. The Balaban J connectivity index is 2.57. The van der Waals surface area contributed by atoms with Gasteiger partial charge in [-0.1, -0.05) is 12.1 Å². The molecule has 5 heteroatoms. The van der Waals surface area contributed by atoms with Gasteiger partial charge in [0.25, 0.3) is 0 Å². The largest absolute Gasteiger partial charge is 0.497 e. The lowest BCUT2D eigenvalue weighted by Gasteiger charge is -2.28. The van der Waals surface area contributed by atoms with Gasteiger partial charge in [-0.05, 0) is 17.7 Å². The van der Waals surface area contributed by atoms with Gasteiger partial charge in [0.05, 0.1) is 41.3 Å². The second-order valence-corrected chi connectivity index (χ2v) is 5.85. The van der Waals surface area contributed by atoms with Gasteiger partial charge in [0, 0.05) is 0 Å². The van der Waals surface area contributed by atoms with Crippen molar-refractivity contribution in [3.8, 4) is 5.75 Å². The molecule has 1 N–H and O–H groups in total. The Morgan fingerprint density at radius 2 is 1.85 bits per heavy atom. The highest BCUT2D eigenvalue weighted by molar-refractivity contribution is 5.67. The summed E-state index contributed by atoms with van der Waals surface area (Å²) in [6.45, 7) is 1.06. The molecule has 1 aromatic carbocycles. The summed E-state index contributed by atoms with van der Waals surface area (Å²) in [5, 5.41) is 8.94. The molecule has 0 fully saturated rings. The third kappa shape index (κ3) is 6.54. The monoisotopic (exact) mass is 282 g/mol. The van der Waals surface area contributed by atoms with E-state index in [2.05, 4.69) is 0 Å². The minimum Gasteiger partial charge on any atom is -0.497 e. The number of hydrogen-bond donors (Lipinski definition) is 1. The molecule has 0 aliphatic rings. The predicted octanol–water partition coefficient (Wildman–Crippen LogP) is 1.76. The first-order valence-corrected chi connectivity index (χ1v) is 6.57. The van der Waals surface area contributed by atoms with Crippen molar-refractivity contribution < 1.29 is 23.9 Å². The summed E-state index contributed by atoms with van der Waals surface area (Å²) in [6, 6.07) is 7.57. The van der Waals surface area contributed by atoms with Crippen LogP contribution in [0.5, 0.6) is 5.75 Å². The van der Waals surface area contributed by atoms with Crippen LogP contribution in [-0.4, -0.2) is 56.5 Å². The molecule has 0 aliphatic heterocycles. The summed E-state index contributed by atoms with van der Waals surface area (Å²) >= 11 is 0. The van der Waals surface area contributed by atoms with Gasteiger partial charge in [0.15, 0.2) is 0 Å². The number of benzene rings is 1. The van der Waals surface area contributed by atoms with Crippen LogP contribution < -0.4 is 4.74 Å². The second kappa shape index (κ2) is 7.26. The summed E-state index contributed by atoms with van der Waals surface area (Å²) in [4.78, 5) is 10.9. The molecule has 112 valence electrons. The Morgan fingerprint density at radius 3 is 2.30 bits per heavy atom. The lowest BCUT2D eigenvalue weighted by atomic mass is 10.2. The molecule has 1 unspecified atom stereocenters. The maximum absolute atomic E-state index is 10.9. The highest BCUT2D eigenvalue weighted by Crippen LogP contribution is 2.14. The van der Waals surface area contributed by atoms with E-state index >= 15 is 0 Å². The first-order chi connectivity index (χ1) is 9.30. The molecule has 5 nitrogen and oxygen atoms in total. The number of aliphatic carboxylic acids is 1. The molecule has 0 amide bonds. The average Bonchev–Trinajstić information content (AvgIpc) is 2.34. The zero-order valence-corrected chi connectivity index (χ0v) is 12.6. The molecule has 1 atom stereocenters. The molecule has 0 bridgehead atoms. The van der Waals surface area contributed by atoms with Crippen molar-refractivity contribution in [1.82, 2.24) is 0 Å². The number of hydrogen-bond acceptors (Lipinski definition) is 3. The standard InChI is InChI=1S/C15H23NO4/c1-16(2,3)10-14(9-15(17)18)20-11-12-5-7-13(19-4)8-6-12/h5-8,14H,9-11H2,1-4H3/p+1. The van der Waals surface area contributed by atoms with E-state index in [-0.39, 0.29) is 12.5 Å². The van der Waals surface area contributed by atoms with Gasteiger partial charge in [-0.3, -0.25) is 4.79 Å². The Bertz CT molecular complexity index is 422. The zero-order chi connectivity index (χ0) is 15.2. The minimum atomic E-state index is -0.835. The quantitative estimate of drug-likeness (QED) is 0.738. The highest BCUT2D eigenvalue weighted by atomic mass is 16.5. The van der Waals surface area contributed by atoms with E-state index in [1.165, 1.54) is 0 Å². The number of quaternary nitrogens is 1. The van der Waals surface area contributed by atoms with E-state index in [9.17, 15) is 4.79 Å². The van der Waals surface area contributed by atoms with Crippen LogP contribution >= 0.6 is 0 Å². The van der Waals surface area contributed by atoms with E-state index < -0.39 is 5.97 Å². The molecule has 0 heterocycles. The SMILES string of the molecule is COc1ccc(COC(CC(=O)O)C[N+](C)(C)C)cc1. The van der Waals surface area contributed by atoms with Gasteiger partial charge in [-0.2, -0.15) is 0 Å². The predicted molar refractivity (Wildman–Crippen MR) is 76.7 cm³/mol. The number of methoxy groups -OCH3 is 1. The van der Waals surface area contributed by atoms with E-state index in [0.29, 0.717) is 17.6 Å². The summed E-state index contributed by atoms with van der Waals surface area (Å²) in [7, 11) is 7.68. The van der Waals surface area contributed by atoms with Gasteiger partial charge in [0.1, 0.15) is 18.4 Å². The Hall–Kier alpha value is -1.59. The van der Waals surface area contributed by atoms with Gasteiger partial charge in [-0.25, -0.2) is 0 Å². The van der Waals surface area contributed by atoms with Crippen molar-refractivity contribution in [3.05, 3.63) is 29.8 Å². The van der Waals surface area contributed by atoms with Crippen LogP contribution in [0.3, 0.4) is 0 Å². The molecule has 0 aliphatic carbocycles. The molecular weight excluding hydrogens is 258 g/mol. The number of ether oxygens (including phenoxy) is 2. The van der Waals surface area contributed by atoms with Crippen LogP contribution in [0.15, 0.2) is 24.3 Å². The fraction of sp³-hybridized carbons (Fsp3) is 0.533. The molecular formula is C15H24NO4+. The third-order valence-electron chi connectivity index (χ3n) is 2.80. The van der Waals surface area contributed by atoms with Crippen molar-refractivity contribution in [1.29, 1.82) is 0 Å². The number of nitrogens with zero attached hydrogens (tertiary/aromatic N) is 1. The summed E-state index contributed by atoms with van der Waals surface area (Å²) in [5.41, 5.74) is 1.00. The third-order valence-corrected chi connectivity index (χ3v) is 2.80. The smallest absolute Gasteiger partial charge is 0.306 e. The van der Waals surface area contributed by atoms with Crippen LogP contribution in [0.1, 0.15) is 12.0 Å². The first-order valence-electron chi connectivity index (χ1n) is 6.57. The molecule has 1 aromatic rings. The number of likely N-dealkylation sites (N-methyl/N-ethyl adjacent to an activating group) is 1. The minimum absolute atomic E-state index is 0.0195. The van der Waals surface area contributed by atoms with Crippen molar-refractivity contribution in [2.75, 3.05) is 34.8 Å². The molecule has 0 radical (unpaired) electrons. The van der Waals surface area contributed by atoms with Crippen molar-refractivity contribution in [3.63, 3.8) is 0 Å². The van der Waals surface area contributed by atoms with E-state index in [1.807, 2.05) is 45.4 Å². The van der Waals surface area contributed by atoms with Gasteiger partial charge >= 0.3 is 5.97 Å². The summed E-state index contributed by atoms with van der Waals surface area (Å²) in [5.74, 6) is -0.0413. The van der Waals surface area contributed by atoms with Crippen molar-refractivity contribution in [2.24, 2.45) is 0 Å². The van der Waals surface area contributed by atoms with Crippen LogP contribution in [0.4, 0.5) is 0 Å². The van der Waals surface area contributed by atoms with Crippen LogP contribution in [0.2, 0.25) is 0 Å². The van der Waals surface area contributed by atoms with Gasteiger partial charge in [0.2, 0.25) is 0 Å². The lowest BCUT2D eigenvalue weighted by molar-refractivity contribution is -0.873. The number of carbonyl (C=O) groups is 1. The Morgan fingerprint density at radius 1 is 1.25 bits per heavy atom. The molecule has 0 spiro atoms. The Labute approximate surface area is 120 Å². The maximum Gasteiger partial charge on any atom is 0.306 e. The zero-order valence-electron chi connectivity index (χ0n) is 12.6. The fourth-order valence-corrected chi connectivity index (χ4v) is 1.92. The van der Waals surface area contributed by atoms with Gasteiger partial charge in [-0.15, -0.1) is 0 Å². The highest BCUT2D eigenvalue weighted by Gasteiger charge is 2.21. The lowest BCUT2D eigenvalue weighted by Crippen LogP contribution is -2.43. The summed E-state index contributed by atoms with van der Waals surface area (Å²) in [6.07, 6.45) is -0.277. The second-order valence-electron chi connectivity index (χ2n) is 5.85. The average molecular weight is 282 g/mol. The number of carboxylic acid groups (broad SMARTS) is 1. The molecule has 0 saturated heterocycles. The molecule has 20 heavy (non-hydrogen) atoms. The van der Waals surface area contributed by atoms with Crippen LogP contribution in [0.25, 0.3) is 0 Å². The topological polar surface area (TPSA) is 55.8 Å². The van der Waals surface area contributed by atoms with Crippen LogP contribution in [-0.2, 0) is 16.1 Å². The number of rotatable bonds is 8. The van der Waals surface area contributed by atoms with E-state index in [0.717, 1.165) is 11.3 Å². The van der Waals surface area contributed by atoms with Gasteiger partial charge < -0.3 is 19.1 Å². The fourth-order valence-electron chi connectivity index (χ4n) is 1.92. The first kappa shape index (κ1) is 16.5. The maximum atomic E-state index is 10.9. The Kier molecular flexibility index (Phi) is 5.98. The van der Waals surface area contributed by atoms with Crippen molar-refractivity contribution in [2.45, 2.75) is 19.1 Å². The summed E-state index contributed by atoms with van der Waals surface area (Å²) < 4.78 is 11.5. The van der Waals surface area contributed by atoms with E-state index in [1.54, 1.807) is 7.11 Å².